The van der Waals surface area contributed by atoms with Gasteiger partial charge in [-0.05, 0) is 23.8 Å². The molecule has 1 aromatic heterocycles. The zero-order chi connectivity index (χ0) is 13.8. The Bertz CT molecular complexity index is 602. The van der Waals surface area contributed by atoms with E-state index in [1.807, 2.05) is 0 Å². The minimum Gasteiger partial charge on any atom is -0.425 e. The van der Waals surface area contributed by atoms with E-state index in [9.17, 15) is 4.79 Å². The number of nitrogens with zero attached hydrogens (tertiary/aromatic N) is 1. The number of aromatic nitrogens is 1. The van der Waals surface area contributed by atoms with Gasteiger partial charge in [0.25, 0.3) is 0 Å². The molecule has 98 valence electrons. The van der Waals surface area contributed by atoms with E-state index < -0.39 is 5.97 Å². The molecule has 0 bridgehead atoms. The highest BCUT2D eigenvalue weighted by Gasteiger charge is 2.12. The summed E-state index contributed by atoms with van der Waals surface area (Å²) >= 11 is 17.5. The zero-order valence-electron chi connectivity index (χ0n) is 9.57. The molecule has 0 atom stereocenters. The molecule has 0 amide bonds. The largest absolute Gasteiger partial charge is 0.425 e. The van der Waals surface area contributed by atoms with Crippen molar-refractivity contribution >= 4 is 40.8 Å². The first-order chi connectivity index (χ1) is 9.06. The number of hydrogen-bond acceptors (Lipinski definition) is 3. The molecule has 0 fully saturated rings. The summed E-state index contributed by atoms with van der Waals surface area (Å²) in [5, 5.41) is 0.816. The second kappa shape index (κ2) is 6.24. The lowest BCUT2D eigenvalue weighted by Gasteiger charge is -2.07. The molecule has 0 N–H and O–H groups in total. The number of hydrogen-bond donors (Lipinski definition) is 0. The van der Waals surface area contributed by atoms with Crippen LogP contribution in [0.2, 0.25) is 15.1 Å². The summed E-state index contributed by atoms with van der Waals surface area (Å²) in [5.41, 5.74) is 0.802. The van der Waals surface area contributed by atoms with Crippen molar-refractivity contribution in [2.75, 3.05) is 0 Å². The third-order valence-electron chi connectivity index (χ3n) is 2.30. The minimum atomic E-state index is -0.438. The van der Waals surface area contributed by atoms with Crippen molar-refractivity contribution in [2.24, 2.45) is 0 Å². The number of carbonyl (C=O) groups is 1. The fraction of sp³-hybridized carbons (Fsp3) is 0.0769. The van der Waals surface area contributed by atoms with Crippen molar-refractivity contribution in [3.8, 4) is 5.75 Å². The summed E-state index contributed by atoms with van der Waals surface area (Å²) < 4.78 is 5.15. The number of carbonyl (C=O) groups excluding carboxylic acids is 1. The van der Waals surface area contributed by atoms with E-state index in [-0.39, 0.29) is 22.2 Å². The standard InChI is InChI=1S/C13H8Cl3NO2/c14-9-6-11(16)12(7-10(9)15)19-13(18)5-8-1-3-17-4-2-8/h1-4,6-7H,5H2. The van der Waals surface area contributed by atoms with Gasteiger partial charge in [0.2, 0.25) is 0 Å². The van der Waals surface area contributed by atoms with Crippen LogP contribution in [0.15, 0.2) is 36.7 Å². The van der Waals surface area contributed by atoms with Crippen molar-refractivity contribution in [3.05, 3.63) is 57.3 Å². The van der Waals surface area contributed by atoms with Crippen molar-refractivity contribution < 1.29 is 9.53 Å². The Hall–Kier alpha value is -1.29. The summed E-state index contributed by atoms with van der Waals surface area (Å²) in [6, 6.07) is 6.31. The highest BCUT2D eigenvalue weighted by atomic mass is 35.5. The second-order valence-corrected chi connectivity index (χ2v) is 4.92. The maximum atomic E-state index is 11.8. The molecule has 1 heterocycles. The minimum absolute atomic E-state index is 0.124. The van der Waals surface area contributed by atoms with Crippen LogP contribution in [-0.2, 0) is 11.2 Å². The molecule has 2 rings (SSSR count). The fourth-order valence-electron chi connectivity index (χ4n) is 1.41. The number of benzene rings is 1. The Balaban J connectivity index is 2.09. The molecule has 0 unspecified atom stereocenters. The van der Waals surface area contributed by atoms with Gasteiger partial charge in [-0.15, -0.1) is 0 Å². The van der Waals surface area contributed by atoms with Gasteiger partial charge in [-0.2, -0.15) is 0 Å². The first-order valence-electron chi connectivity index (χ1n) is 5.30. The van der Waals surface area contributed by atoms with Gasteiger partial charge in [-0.3, -0.25) is 9.78 Å². The Labute approximate surface area is 125 Å². The highest BCUT2D eigenvalue weighted by Crippen LogP contribution is 2.33. The van der Waals surface area contributed by atoms with Crippen LogP contribution in [-0.4, -0.2) is 11.0 Å². The maximum Gasteiger partial charge on any atom is 0.315 e. The van der Waals surface area contributed by atoms with Gasteiger partial charge in [-0.1, -0.05) is 34.8 Å². The van der Waals surface area contributed by atoms with Crippen molar-refractivity contribution in [1.29, 1.82) is 0 Å². The SMILES string of the molecule is O=C(Cc1ccncc1)Oc1cc(Cl)c(Cl)cc1Cl. The van der Waals surface area contributed by atoms with E-state index in [4.69, 9.17) is 39.5 Å². The van der Waals surface area contributed by atoms with Crippen molar-refractivity contribution in [3.63, 3.8) is 0 Å². The number of halogens is 3. The quantitative estimate of drug-likeness (QED) is 0.484. The lowest BCUT2D eigenvalue weighted by Crippen LogP contribution is -2.11. The van der Waals surface area contributed by atoms with Crippen LogP contribution in [0.5, 0.6) is 5.75 Å². The normalized spacial score (nSPS) is 10.3. The number of ether oxygens (including phenoxy) is 1. The molecule has 2 aromatic rings. The van der Waals surface area contributed by atoms with Gasteiger partial charge in [0.15, 0.2) is 5.75 Å². The Morgan fingerprint density at radius 2 is 1.68 bits per heavy atom. The van der Waals surface area contributed by atoms with Crippen LogP contribution in [0.4, 0.5) is 0 Å². The van der Waals surface area contributed by atoms with E-state index in [1.165, 1.54) is 12.1 Å². The van der Waals surface area contributed by atoms with E-state index in [0.717, 1.165) is 5.56 Å². The predicted octanol–water partition coefficient (Wildman–Crippen LogP) is 4.19. The fourth-order valence-corrected chi connectivity index (χ4v) is 1.98. The lowest BCUT2D eigenvalue weighted by molar-refractivity contribution is -0.133. The highest BCUT2D eigenvalue weighted by molar-refractivity contribution is 6.43. The smallest absolute Gasteiger partial charge is 0.315 e. The van der Waals surface area contributed by atoms with Crippen LogP contribution in [0.3, 0.4) is 0 Å². The number of rotatable bonds is 3. The summed E-state index contributed by atoms with van der Waals surface area (Å²) in [6.07, 6.45) is 3.34. The summed E-state index contributed by atoms with van der Waals surface area (Å²) in [4.78, 5) is 15.6. The summed E-state index contributed by atoms with van der Waals surface area (Å²) in [6.45, 7) is 0. The van der Waals surface area contributed by atoms with Gasteiger partial charge >= 0.3 is 5.97 Å². The van der Waals surface area contributed by atoms with E-state index in [0.29, 0.717) is 5.02 Å². The first kappa shape index (κ1) is 14.1. The first-order valence-corrected chi connectivity index (χ1v) is 6.44. The molecule has 0 aliphatic carbocycles. The molecule has 1 aromatic carbocycles. The number of pyridine rings is 1. The molecule has 3 nitrogen and oxygen atoms in total. The average Bonchev–Trinajstić information content (AvgIpc) is 2.37. The van der Waals surface area contributed by atoms with E-state index in [1.54, 1.807) is 24.5 Å². The average molecular weight is 317 g/mol. The second-order valence-electron chi connectivity index (χ2n) is 3.70. The van der Waals surface area contributed by atoms with Crippen LogP contribution in [0.25, 0.3) is 0 Å². The molecular formula is C13H8Cl3NO2. The third-order valence-corrected chi connectivity index (χ3v) is 3.31. The van der Waals surface area contributed by atoms with Gasteiger partial charge < -0.3 is 4.74 Å². The Morgan fingerprint density at radius 3 is 2.37 bits per heavy atom. The van der Waals surface area contributed by atoms with Gasteiger partial charge in [0, 0.05) is 18.5 Å². The van der Waals surface area contributed by atoms with Crippen LogP contribution >= 0.6 is 34.8 Å². The molecule has 0 spiro atoms. The Kier molecular flexibility index (Phi) is 4.64. The van der Waals surface area contributed by atoms with E-state index >= 15 is 0 Å². The predicted molar refractivity (Wildman–Crippen MR) is 75.0 cm³/mol. The van der Waals surface area contributed by atoms with Crippen molar-refractivity contribution in [2.45, 2.75) is 6.42 Å². The third kappa shape index (κ3) is 3.83. The molecule has 0 saturated carbocycles. The molecule has 19 heavy (non-hydrogen) atoms. The van der Waals surface area contributed by atoms with Gasteiger partial charge in [-0.25, -0.2) is 0 Å². The molecule has 6 heteroatoms. The van der Waals surface area contributed by atoms with Crippen molar-refractivity contribution in [1.82, 2.24) is 4.98 Å². The van der Waals surface area contributed by atoms with Gasteiger partial charge in [0.05, 0.1) is 21.5 Å². The molecule has 0 saturated heterocycles. The van der Waals surface area contributed by atoms with E-state index in [2.05, 4.69) is 4.98 Å². The molecular weight excluding hydrogens is 309 g/mol. The molecule has 0 aliphatic heterocycles. The van der Waals surface area contributed by atoms with Crippen LogP contribution in [0, 0.1) is 0 Å². The topological polar surface area (TPSA) is 39.2 Å². The summed E-state index contributed by atoms with van der Waals surface area (Å²) in [7, 11) is 0. The van der Waals surface area contributed by atoms with Gasteiger partial charge in [0.1, 0.15) is 0 Å². The monoisotopic (exact) mass is 315 g/mol. The number of esters is 1. The Morgan fingerprint density at radius 1 is 1.05 bits per heavy atom. The summed E-state index contributed by atoms with van der Waals surface area (Å²) in [5.74, 6) is -0.249. The molecule has 0 radical (unpaired) electrons. The van der Waals surface area contributed by atoms with Crippen LogP contribution in [0.1, 0.15) is 5.56 Å². The zero-order valence-corrected chi connectivity index (χ0v) is 11.8. The van der Waals surface area contributed by atoms with Crippen LogP contribution < -0.4 is 4.74 Å². The lowest BCUT2D eigenvalue weighted by atomic mass is 10.2. The maximum absolute atomic E-state index is 11.8. The molecule has 0 aliphatic rings.